The van der Waals surface area contributed by atoms with Crippen LogP contribution in [0.25, 0.3) is 0 Å². The molecule has 0 saturated carbocycles. The van der Waals surface area contributed by atoms with E-state index >= 15 is 0 Å². The van der Waals surface area contributed by atoms with E-state index in [-0.39, 0.29) is 12.5 Å². The topological polar surface area (TPSA) is 57.7 Å². The summed E-state index contributed by atoms with van der Waals surface area (Å²) in [6.45, 7) is 0.114. The number of amides is 1. The summed E-state index contributed by atoms with van der Waals surface area (Å²) in [7, 11) is -1.14. The third-order valence-corrected chi connectivity index (χ3v) is 5.60. The van der Waals surface area contributed by atoms with E-state index in [2.05, 4.69) is 0 Å². The molecule has 5 nitrogen and oxygen atoms in total. The molecule has 0 unspecified atom stereocenters. The predicted octanol–water partition coefficient (Wildman–Crippen LogP) is 1.95. The lowest BCUT2D eigenvalue weighted by atomic mass is 10.2. The molecule has 0 N–H and O–H groups in total. The number of sulfonamides is 1. The van der Waals surface area contributed by atoms with Gasteiger partial charge < -0.3 is 4.90 Å². The quantitative estimate of drug-likeness (QED) is 0.837. The first-order valence-electron chi connectivity index (χ1n) is 6.95. The maximum Gasteiger partial charge on any atom is 0.416 e. The number of hydrogen-bond acceptors (Lipinski definition) is 3. The zero-order valence-corrected chi connectivity index (χ0v) is 13.5. The summed E-state index contributed by atoms with van der Waals surface area (Å²) >= 11 is 0. The number of likely N-dealkylation sites (N-methyl/N-ethyl adjacent to an activating group) is 1. The largest absolute Gasteiger partial charge is 0.416 e. The first kappa shape index (κ1) is 17.7. The van der Waals surface area contributed by atoms with E-state index in [1.54, 1.807) is 0 Å². The normalized spacial score (nSPS) is 19.8. The fourth-order valence-electron chi connectivity index (χ4n) is 2.54. The first-order chi connectivity index (χ1) is 10.5. The molecule has 1 saturated heterocycles. The zero-order chi connectivity index (χ0) is 17.4. The number of nitrogens with zero attached hydrogens (tertiary/aromatic N) is 2. The van der Waals surface area contributed by atoms with Crippen LogP contribution < -0.4 is 0 Å². The van der Waals surface area contributed by atoms with Crippen LogP contribution in [0.1, 0.15) is 18.4 Å². The van der Waals surface area contributed by atoms with Crippen LogP contribution in [0.5, 0.6) is 0 Å². The van der Waals surface area contributed by atoms with Crippen LogP contribution in [0.15, 0.2) is 29.2 Å². The van der Waals surface area contributed by atoms with Crippen LogP contribution in [0.4, 0.5) is 13.2 Å². The van der Waals surface area contributed by atoms with E-state index in [4.69, 9.17) is 0 Å². The van der Waals surface area contributed by atoms with Crippen molar-refractivity contribution in [3.63, 3.8) is 0 Å². The van der Waals surface area contributed by atoms with Crippen molar-refractivity contribution < 1.29 is 26.4 Å². The highest BCUT2D eigenvalue weighted by atomic mass is 32.2. The fourth-order valence-corrected chi connectivity index (χ4v) is 4.24. The number of alkyl halides is 3. The van der Waals surface area contributed by atoms with E-state index in [1.165, 1.54) is 19.0 Å². The molecule has 1 amide bonds. The lowest BCUT2D eigenvalue weighted by Gasteiger charge is -2.25. The van der Waals surface area contributed by atoms with Gasteiger partial charge in [0.2, 0.25) is 15.9 Å². The van der Waals surface area contributed by atoms with E-state index < -0.39 is 32.7 Å². The smallest absolute Gasteiger partial charge is 0.347 e. The average molecular weight is 350 g/mol. The second-order valence-electron chi connectivity index (χ2n) is 5.53. The number of carbonyl (C=O) groups excluding carboxylic acids is 1. The maximum atomic E-state index is 12.8. The molecule has 1 aliphatic heterocycles. The maximum absolute atomic E-state index is 12.8. The van der Waals surface area contributed by atoms with Gasteiger partial charge in [0, 0.05) is 20.6 Å². The molecule has 128 valence electrons. The second-order valence-corrected chi connectivity index (χ2v) is 7.42. The van der Waals surface area contributed by atoms with Gasteiger partial charge in [-0.1, -0.05) is 6.07 Å². The van der Waals surface area contributed by atoms with Gasteiger partial charge in [0.05, 0.1) is 10.5 Å². The number of hydrogen-bond donors (Lipinski definition) is 0. The Morgan fingerprint density at radius 2 is 1.96 bits per heavy atom. The summed E-state index contributed by atoms with van der Waals surface area (Å²) in [5.41, 5.74) is -1.03. The molecular weight excluding hydrogens is 333 g/mol. The van der Waals surface area contributed by atoms with Crippen molar-refractivity contribution in [3.8, 4) is 0 Å². The third-order valence-electron chi connectivity index (χ3n) is 3.70. The molecular formula is C14H17F3N2O3S. The van der Waals surface area contributed by atoms with Gasteiger partial charge in [-0.25, -0.2) is 8.42 Å². The number of benzene rings is 1. The lowest BCUT2D eigenvalue weighted by Crippen LogP contribution is -2.45. The van der Waals surface area contributed by atoms with Crippen molar-refractivity contribution in [1.82, 2.24) is 9.21 Å². The average Bonchev–Trinajstić information content (AvgIpc) is 2.95. The molecule has 2 rings (SSSR count). The Labute approximate surface area is 132 Å². The van der Waals surface area contributed by atoms with Gasteiger partial charge in [0.1, 0.15) is 6.04 Å². The van der Waals surface area contributed by atoms with E-state index in [0.29, 0.717) is 18.9 Å². The van der Waals surface area contributed by atoms with Gasteiger partial charge in [-0.05, 0) is 31.0 Å². The predicted molar refractivity (Wildman–Crippen MR) is 77.1 cm³/mol. The number of rotatable bonds is 3. The monoisotopic (exact) mass is 350 g/mol. The second kappa shape index (κ2) is 6.12. The molecule has 1 atom stereocenters. The Kier molecular flexibility index (Phi) is 4.72. The molecule has 1 aromatic carbocycles. The summed E-state index contributed by atoms with van der Waals surface area (Å²) in [5.74, 6) is -0.377. The summed E-state index contributed by atoms with van der Waals surface area (Å²) in [6.07, 6.45) is -3.78. The molecule has 1 aromatic rings. The van der Waals surface area contributed by atoms with Crippen LogP contribution in [0, 0.1) is 0 Å². The van der Waals surface area contributed by atoms with Gasteiger partial charge in [0.15, 0.2) is 0 Å². The van der Waals surface area contributed by atoms with Crippen LogP contribution in [0.3, 0.4) is 0 Å². The van der Waals surface area contributed by atoms with Crippen molar-refractivity contribution >= 4 is 15.9 Å². The van der Waals surface area contributed by atoms with Crippen LogP contribution >= 0.6 is 0 Å². The molecule has 1 aliphatic rings. The van der Waals surface area contributed by atoms with E-state index in [0.717, 1.165) is 22.5 Å². The molecule has 0 bridgehead atoms. The molecule has 0 radical (unpaired) electrons. The summed E-state index contributed by atoms with van der Waals surface area (Å²) in [5, 5.41) is 0. The standard InChI is InChI=1S/C14H17F3N2O3S/c1-18(2)13(20)12-7-4-8-19(12)23(21,22)11-6-3-5-10(9-11)14(15,16)17/h3,5-6,9,12H,4,7-8H2,1-2H3/t12-/m0/s1. The molecule has 9 heteroatoms. The summed E-state index contributed by atoms with van der Waals surface area (Å²) < 4.78 is 64.6. The molecule has 0 aromatic heterocycles. The minimum atomic E-state index is -4.63. The molecule has 0 aliphatic carbocycles. The highest BCUT2D eigenvalue weighted by Crippen LogP contribution is 2.32. The van der Waals surface area contributed by atoms with E-state index in [1.807, 2.05) is 0 Å². The SMILES string of the molecule is CN(C)C(=O)[C@@H]1CCCN1S(=O)(=O)c1cccc(C(F)(F)F)c1. The Balaban J connectivity index is 2.40. The molecule has 0 spiro atoms. The fraction of sp³-hybridized carbons (Fsp3) is 0.500. The first-order valence-corrected chi connectivity index (χ1v) is 8.39. The molecule has 1 heterocycles. The van der Waals surface area contributed by atoms with Crippen molar-refractivity contribution in [1.29, 1.82) is 0 Å². The van der Waals surface area contributed by atoms with Crippen molar-refractivity contribution in [2.45, 2.75) is 30.0 Å². The Morgan fingerprint density at radius 1 is 1.30 bits per heavy atom. The van der Waals surface area contributed by atoms with Gasteiger partial charge in [-0.2, -0.15) is 17.5 Å². The Bertz CT molecular complexity index is 701. The molecule has 23 heavy (non-hydrogen) atoms. The van der Waals surface area contributed by atoms with Crippen molar-refractivity contribution in [3.05, 3.63) is 29.8 Å². The van der Waals surface area contributed by atoms with Gasteiger partial charge in [-0.3, -0.25) is 4.79 Å². The lowest BCUT2D eigenvalue weighted by molar-refractivity contribution is -0.137. The van der Waals surface area contributed by atoms with Crippen molar-refractivity contribution in [2.75, 3.05) is 20.6 Å². The summed E-state index contributed by atoms with van der Waals surface area (Å²) in [4.78, 5) is 12.9. The van der Waals surface area contributed by atoms with E-state index in [9.17, 15) is 26.4 Å². The minimum Gasteiger partial charge on any atom is -0.347 e. The van der Waals surface area contributed by atoms with Gasteiger partial charge in [-0.15, -0.1) is 0 Å². The van der Waals surface area contributed by atoms with Crippen LogP contribution in [0.2, 0.25) is 0 Å². The highest BCUT2D eigenvalue weighted by Gasteiger charge is 2.41. The number of carbonyl (C=O) groups is 1. The Morgan fingerprint density at radius 3 is 2.52 bits per heavy atom. The number of halogens is 3. The van der Waals surface area contributed by atoms with Crippen molar-refractivity contribution in [2.24, 2.45) is 0 Å². The highest BCUT2D eigenvalue weighted by molar-refractivity contribution is 7.89. The van der Waals surface area contributed by atoms with Crippen LogP contribution in [-0.2, 0) is 21.0 Å². The van der Waals surface area contributed by atoms with Gasteiger partial charge >= 0.3 is 6.18 Å². The molecule has 1 fully saturated rings. The van der Waals surface area contributed by atoms with Gasteiger partial charge in [0.25, 0.3) is 0 Å². The Hall–Kier alpha value is -1.61. The summed E-state index contributed by atoms with van der Waals surface area (Å²) in [6, 6.07) is 2.70. The third kappa shape index (κ3) is 3.50. The minimum absolute atomic E-state index is 0.114. The van der Waals surface area contributed by atoms with Crippen LogP contribution in [-0.4, -0.2) is 50.2 Å². The zero-order valence-electron chi connectivity index (χ0n) is 12.7.